The van der Waals surface area contributed by atoms with Gasteiger partial charge in [-0.2, -0.15) is 5.26 Å². The summed E-state index contributed by atoms with van der Waals surface area (Å²) in [6, 6.07) is 10.8. The zero-order valence-corrected chi connectivity index (χ0v) is 9.32. The molecule has 0 radical (unpaired) electrons. The van der Waals surface area contributed by atoms with Crippen molar-refractivity contribution in [3.05, 3.63) is 30.3 Å². The van der Waals surface area contributed by atoms with E-state index in [0.717, 1.165) is 12.8 Å². The lowest BCUT2D eigenvalue weighted by atomic mass is 10.2. The Morgan fingerprint density at radius 1 is 1.13 bits per heavy atom. The van der Waals surface area contributed by atoms with E-state index in [1.54, 1.807) is 24.3 Å². The Bertz CT molecular complexity index is 264. The summed E-state index contributed by atoms with van der Waals surface area (Å²) >= 11 is 0. The Hall–Kier alpha value is -1.49. The van der Waals surface area contributed by atoms with Crippen LogP contribution in [0.15, 0.2) is 30.3 Å². The van der Waals surface area contributed by atoms with Crippen LogP contribution in [0.2, 0.25) is 0 Å². The molecule has 0 saturated carbocycles. The van der Waals surface area contributed by atoms with Crippen molar-refractivity contribution in [3.8, 4) is 11.8 Å². The van der Waals surface area contributed by atoms with Crippen LogP contribution in [0.1, 0.15) is 39.0 Å². The van der Waals surface area contributed by atoms with E-state index in [2.05, 4.69) is 13.0 Å². The molecule has 1 N–H and O–H groups in total. The predicted octanol–water partition coefficient (Wildman–Crippen LogP) is 3.87. The number of hydrogen-bond acceptors (Lipinski definition) is 2. The number of phenols is 1. The molecule has 0 heterocycles. The van der Waals surface area contributed by atoms with Gasteiger partial charge < -0.3 is 5.11 Å². The van der Waals surface area contributed by atoms with Crippen molar-refractivity contribution in [3.63, 3.8) is 0 Å². The first-order chi connectivity index (χ1) is 7.31. The van der Waals surface area contributed by atoms with Crippen molar-refractivity contribution in [2.24, 2.45) is 0 Å². The molecule has 0 saturated heterocycles. The van der Waals surface area contributed by atoms with E-state index < -0.39 is 0 Å². The first-order valence-electron chi connectivity index (χ1n) is 5.42. The zero-order valence-electron chi connectivity index (χ0n) is 9.32. The summed E-state index contributed by atoms with van der Waals surface area (Å²) in [5, 5.41) is 16.7. The molecule has 0 aromatic heterocycles. The standard InChI is InChI=1S/C7H13N.C6H6O/c1-2-3-4-5-6-7-8;7-6-4-2-1-3-5-6/h2-6H2,1H3;1-5,7H. The zero-order chi connectivity index (χ0) is 11.4. The molecule has 0 atom stereocenters. The summed E-state index contributed by atoms with van der Waals surface area (Å²) in [6.07, 6.45) is 5.58. The monoisotopic (exact) mass is 205 g/mol. The quantitative estimate of drug-likeness (QED) is 0.758. The highest BCUT2D eigenvalue weighted by atomic mass is 16.3. The van der Waals surface area contributed by atoms with Gasteiger partial charge in [0.2, 0.25) is 0 Å². The molecule has 0 aliphatic carbocycles. The molecule has 0 bridgehead atoms. The molecule has 0 aliphatic heterocycles. The third-order valence-electron chi connectivity index (χ3n) is 1.90. The third kappa shape index (κ3) is 10.4. The Kier molecular flexibility index (Phi) is 9.54. The summed E-state index contributed by atoms with van der Waals surface area (Å²) in [7, 11) is 0. The molecule has 0 amide bonds. The van der Waals surface area contributed by atoms with E-state index in [-0.39, 0.29) is 0 Å². The van der Waals surface area contributed by atoms with Gasteiger partial charge in [-0.05, 0) is 18.6 Å². The largest absolute Gasteiger partial charge is 0.508 e. The Balaban J connectivity index is 0.000000262. The highest BCUT2D eigenvalue weighted by Crippen LogP contribution is 2.02. The lowest BCUT2D eigenvalue weighted by Gasteiger charge is -1.89. The van der Waals surface area contributed by atoms with Crippen molar-refractivity contribution < 1.29 is 5.11 Å². The maximum atomic E-state index is 8.63. The number of nitrogens with zero attached hydrogens (tertiary/aromatic N) is 1. The van der Waals surface area contributed by atoms with E-state index in [9.17, 15) is 0 Å². The van der Waals surface area contributed by atoms with Crippen molar-refractivity contribution in [1.82, 2.24) is 0 Å². The molecule has 1 aromatic rings. The van der Waals surface area contributed by atoms with Crippen LogP contribution in [-0.2, 0) is 0 Å². The van der Waals surface area contributed by atoms with Gasteiger partial charge in [-0.1, -0.05) is 44.4 Å². The minimum absolute atomic E-state index is 0.322. The number of nitriles is 1. The molecule has 82 valence electrons. The first-order valence-corrected chi connectivity index (χ1v) is 5.42. The van der Waals surface area contributed by atoms with Gasteiger partial charge in [0.15, 0.2) is 0 Å². The summed E-state index contributed by atoms with van der Waals surface area (Å²) in [6.45, 7) is 2.17. The van der Waals surface area contributed by atoms with Gasteiger partial charge in [0.1, 0.15) is 5.75 Å². The Morgan fingerprint density at radius 2 is 1.80 bits per heavy atom. The maximum absolute atomic E-state index is 8.63. The van der Waals surface area contributed by atoms with Crippen LogP contribution < -0.4 is 0 Å². The second kappa shape index (κ2) is 10.6. The number of rotatable bonds is 4. The van der Waals surface area contributed by atoms with Gasteiger partial charge in [-0.15, -0.1) is 0 Å². The van der Waals surface area contributed by atoms with Crippen molar-refractivity contribution in [1.29, 1.82) is 5.26 Å². The number of hydrogen-bond donors (Lipinski definition) is 1. The summed E-state index contributed by atoms with van der Waals surface area (Å²) < 4.78 is 0. The lowest BCUT2D eigenvalue weighted by Crippen LogP contribution is -1.72. The Morgan fingerprint density at radius 3 is 2.20 bits per heavy atom. The molecule has 0 aliphatic rings. The fraction of sp³-hybridized carbons (Fsp3) is 0.462. The normalized spacial score (nSPS) is 8.53. The molecule has 2 nitrogen and oxygen atoms in total. The SMILES string of the molecule is CCCCCCC#N.Oc1ccccc1. The summed E-state index contributed by atoms with van der Waals surface area (Å²) in [5.41, 5.74) is 0. The van der Waals surface area contributed by atoms with Gasteiger partial charge in [0.05, 0.1) is 6.07 Å². The third-order valence-corrected chi connectivity index (χ3v) is 1.90. The maximum Gasteiger partial charge on any atom is 0.115 e. The van der Waals surface area contributed by atoms with Crippen LogP contribution in [0.3, 0.4) is 0 Å². The van der Waals surface area contributed by atoms with Crippen LogP contribution in [0.5, 0.6) is 5.75 Å². The number of benzene rings is 1. The topological polar surface area (TPSA) is 44.0 Å². The van der Waals surface area contributed by atoms with E-state index in [0.29, 0.717) is 5.75 Å². The van der Waals surface area contributed by atoms with Crippen LogP contribution >= 0.6 is 0 Å². The minimum atomic E-state index is 0.322. The molecular formula is C13H19NO. The van der Waals surface area contributed by atoms with Crippen LogP contribution in [0.4, 0.5) is 0 Å². The van der Waals surface area contributed by atoms with E-state index in [4.69, 9.17) is 10.4 Å². The van der Waals surface area contributed by atoms with Gasteiger partial charge in [-0.25, -0.2) is 0 Å². The molecule has 0 spiro atoms. The molecule has 15 heavy (non-hydrogen) atoms. The number of aromatic hydroxyl groups is 1. The van der Waals surface area contributed by atoms with Gasteiger partial charge in [0.25, 0.3) is 0 Å². The van der Waals surface area contributed by atoms with Gasteiger partial charge in [-0.3, -0.25) is 0 Å². The van der Waals surface area contributed by atoms with E-state index in [1.807, 2.05) is 6.07 Å². The smallest absolute Gasteiger partial charge is 0.115 e. The van der Waals surface area contributed by atoms with Crippen LogP contribution in [-0.4, -0.2) is 5.11 Å². The van der Waals surface area contributed by atoms with Crippen LogP contribution in [0.25, 0.3) is 0 Å². The van der Waals surface area contributed by atoms with Gasteiger partial charge in [0, 0.05) is 6.42 Å². The number of phenolic OH excluding ortho intramolecular Hbond substituents is 1. The fourth-order valence-electron chi connectivity index (χ4n) is 1.06. The summed E-state index contributed by atoms with van der Waals surface area (Å²) in [5.74, 6) is 0.322. The fourth-order valence-corrected chi connectivity index (χ4v) is 1.06. The van der Waals surface area contributed by atoms with Crippen molar-refractivity contribution in [2.75, 3.05) is 0 Å². The summed E-state index contributed by atoms with van der Waals surface area (Å²) in [4.78, 5) is 0. The minimum Gasteiger partial charge on any atom is -0.508 e. The molecule has 0 unspecified atom stereocenters. The van der Waals surface area contributed by atoms with Gasteiger partial charge >= 0.3 is 0 Å². The molecule has 0 fully saturated rings. The van der Waals surface area contributed by atoms with E-state index >= 15 is 0 Å². The average Bonchev–Trinajstić information content (AvgIpc) is 2.27. The van der Waals surface area contributed by atoms with Crippen molar-refractivity contribution in [2.45, 2.75) is 39.0 Å². The molecular weight excluding hydrogens is 186 g/mol. The van der Waals surface area contributed by atoms with E-state index in [1.165, 1.54) is 19.3 Å². The Labute approximate surface area is 92.2 Å². The van der Waals surface area contributed by atoms with Crippen molar-refractivity contribution >= 4 is 0 Å². The number of unbranched alkanes of at least 4 members (excludes halogenated alkanes) is 4. The molecule has 1 rings (SSSR count). The highest BCUT2D eigenvalue weighted by molar-refractivity contribution is 5.18. The van der Waals surface area contributed by atoms with Crippen LogP contribution in [0, 0.1) is 11.3 Å². The average molecular weight is 205 g/mol. The lowest BCUT2D eigenvalue weighted by molar-refractivity contribution is 0.475. The molecule has 2 heteroatoms. The molecule has 1 aromatic carbocycles. The first kappa shape index (κ1) is 13.5. The predicted molar refractivity (Wildman–Crippen MR) is 62.5 cm³/mol. The second-order valence-corrected chi connectivity index (χ2v) is 3.30. The number of para-hydroxylation sites is 1. The highest BCUT2D eigenvalue weighted by Gasteiger charge is 1.83. The second-order valence-electron chi connectivity index (χ2n) is 3.30.